The van der Waals surface area contributed by atoms with E-state index in [0.717, 1.165) is 29.8 Å². The van der Waals surface area contributed by atoms with Crippen LogP contribution in [-0.4, -0.2) is 18.1 Å². The van der Waals surface area contributed by atoms with Gasteiger partial charge in [-0.25, -0.2) is 4.79 Å². The molecule has 0 saturated carbocycles. The van der Waals surface area contributed by atoms with E-state index in [1.807, 2.05) is 6.07 Å². The molecule has 1 unspecified atom stereocenters. The maximum atomic E-state index is 13.1. The molecule has 2 aliphatic rings. The van der Waals surface area contributed by atoms with Crippen molar-refractivity contribution in [1.82, 2.24) is 0 Å². The zero-order valence-corrected chi connectivity index (χ0v) is 15.8. The molecule has 1 aromatic rings. The fraction of sp³-hybridized carbons (Fsp3) is 0.579. The minimum absolute atomic E-state index is 0.0289. The normalized spacial score (nSPS) is 24.3. The first-order valence-electron chi connectivity index (χ1n) is 8.52. The summed E-state index contributed by atoms with van der Waals surface area (Å²) in [5, 5.41) is 0. The van der Waals surface area contributed by atoms with E-state index in [1.165, 1.54) is 16.9 Å². The molecule has 24 heavy (non-hydrogen) atoms. The monoisotopic (exact) mass is 347 g/mol. The summed E-state index contributed by atoms with van der Waals surface area (Å²) in [6, 6.07) is 2.00. The van der Waals surface area contributed by atoms with Crippen molar-refractivity contribution in [2.45, 2.75) is 65.5 Å². The topological polar surface area (TPSA) is 46.6 Å². The highest BCUT2D eigenvalue weighted by Crippen LogP contribution is 2.42. The van der Waals surface area contributed by atoms with Crippen LogP contribution in [0.25, 0.3) is 0 Å². The Kier molecular flexibility index (Phi) is 4.32. The number of amides is 1. The van der Waals surface area contributed by atoms with Gasteiger partial charge in [0.05, 0.1) is 5.69 Å². The van der Waals surface area contributed by atoms with Crippen LogP contribution in [0.2, 0.25) is 0 Å². The first-order valence-corrected chi connectivity index (χ1v) is 9.34. The van der Waals surface area contributed by atoms with Gasteiger partial charge in [-0.1, -0.05) is 32.4 Å². The first-order chi connectivity index (χ1) is 11.2. The molecule has 4 nitrogen and oxygen atoms in total. The molecule has 130 valence electrons. The molecule has 1 aromatic heterocycles. The molecule has 5 heteroatoms. The second-order valence-corrected chi connectivity index (χ2v) is 8.86. The van der Waals surface area contributed by atoms with E-state index in [0.29, 0.717) is 4.88 Å². The third-order valence-corrected chi connectivity index (χ3v) is 6.29. The summed E-state index contributed by atoms with van der Waals surface area (Å²) in [7, 11) is 0. The van der Waals surface area contributed by atoms with Gasteiger partial charge < -0.3 is 4.74 Å². The zero-order valence-electron chi connectivity index (χ0n) is 15.0. The van der Waals surface area contributed by atoms with Crippen LogP contribution in [0.4, 0.5) is 5.69 Å². The molecule has 1 aliphatic carbocycles. The molecule has 2 atom stereocenters. The van der Waals surface area contributed by atoms with Crippen LogP contribution in [0.5, 0.6) is 0 Å². The van der Waals surface area contributed by atoms with E-state index in [2.05, 4.69) is 33.8 Å². The van der Waals surface area contributed by atoms with E-state index < -0.39 is 6.23 Å². The predicted octanol–water partition coefficient (Wildman–Crippen LogP) is 4.64. The van der Waals surface area contributed by atoms with Crippen molar-refractivity contribution in [1.29, 1.82) is 0 Å². The molecular weight excluding hydrogens is 322 g/mol. The van der Waals surface area contributed by atoms with Crippen LogP contribution >= 0.6 is 11.3 Å². The molecule has 0 spiro atoms. The quantitative estimate of drug-likeness (QED) is 0.549. The highest BCUT2D eigenvalue weighted by Gasteiger charge is 2.39. The summed E-state index contributed by atoms with van der Waals surface area (Å²) in [5.74, 6) is -0.279. The number of carbonyl (C=O) groups is 2. The molecule has 0 radical (unpaired) electrons. The van der Waals surface area contributed by atoms with Crippen molar-refractivity contribution in [3.05, 3.63) is 27.5 Å². The maximum absolute atomic E-state index is 13.1. The molecule has 0 fully saturated rings. The molecular formula is C19H25NO3S. The first kappa shape index (κ1) is 17.2. The van der Waals surface area contributed by atoms with Crippen LogP contribution in [0.1, 0.15) is 68.4 Å². The SMILES string of the molecule is CC1=CC[C@H](C(=O)N2c3cc(C(C)(C)C)sc3C(=O)OC2C)CC1. The fourth-order valence-electron chi connectivity index (χ4n) is 3.22. The number of nitrogens with zero attached hydrogens (tertiary/aromatic N) is 1. The van der Waals surface area contributed by atoms with E-state index >= 15 is 0 Å². The van der Waals surface area contributed by atoms with Crippen LogP contribution < -0.4 is 4.90 Å². The van der Waals surface area contributed by atoms with Gasteiger partial charge in [0, 0.05) is 10.8 Å². The van der Waals surface area contributed by atoms with E-state index in [9.17, 15) is 9.59 Å². The Balaban J connectivity index is 1.97. The summed E-state index contributed by atoms with van der Waals surface area (Å²) in [5.41, 5.74) is 2.01. The lowest BCUT2D eigenvalue weighted by Crippen LogP contribution is -2.47. The van der Waals surface area contributed by atoms with E-state index in [-0.39, 0.29) is 23.2 Å². The molecule has 1 aliphatic heterocycles. The highest BCUT2D eigenvalue weighted by atomic mass is 32.1. The summed E-state index contributed by atoms with van der Waals surface area (Å²) < 4.78 is 5.45. The van der Waals surface area contributed by atoms with Crippen molar-refractivity contribution in [2.75, 3.05) is 4.90 Å². The van der Waals surface area contributed by atoms with Crippen molar-refractivity contribution in [3.63, 3.8) is 0 Å². The van der Waals surface area contributed by atoms with E-state index in [1.54, 1.807) is 11.8 Å². The molecule has 3 rings (SSSR count). The maximum Gasteiger partial charge on any atom is 0.352 e. The Bertz CT molecular complexity index is 711. The summed E-state index contributed by atoms with van der Waals surface area (Å²) in [6.07, 6.45) is 4.20. The Morgan fingerprint density at radius 2 is 2.08 bits per heavy atom. The summed E-state index contributed by atoms with van der Waals surface area (Å²) in [4.78, 5) is 28.7. The number of hydrogen-bond acceptors (Lipinski definition) is 4. The highest BCUT2D eigenvalue weighted by molar-refractivity contribution is 7.14. The third-order valence-electron chi connectivity index (χ3n) is 4.76. The van der Waals surface area contributed by atoms with Gasteiger partial charge in [-0.05, 0) is 44.6 Å². The number of fused-ring (bicyclic) bond motifs is 1. The van der Waals surface area contributed by atoms with Gasteiger partial charge in [-0.3, -0.25) is 9.69 Å². The molecule has 0 aromatic carbocycles. The van der Waals surface area contributed by atoms with Gasteiger partial charge >= 0.3 is 5.97 Å². The Hall–Kier alpha value is -1.62. The van der Waals surface area contributed by atoms with Gasteiger partial charge in [0.1, 0.15) is 4.88 Å². The van der Waals surface area contributed by atoms with Crippen LogP contribution in [-0.2, 0) is 14.9 Å². The van der Waals surface area contributed by atoms with Gasteiger partial charge in [0.2, 0.25) is 5.91 Å². The Labute approximate surface area is 147 Å². The molecule has 1 amide bonds. The van der Waals surface area contributed by atoms with Gasteiger partial charge in [0.25, 0.3) is 0 Å². The number of esters is 1. The average Bonchev–Trinajstić information content (AvgIpc) is 2.93. The Morgan fingerprint density at radius 1 is 1.38 bits per heavy atom. The second-order valence-electron chi connectivity index (χ2n) is 7.81. The summed E-state index contributed by atoms with van der Waals surface area (Å²) in [6.45, 7) is 10.2. The number of cyclic esters (lactones) is 1. The number of rotatable bonds is 1. The number of carbonyl (C=O) groups excluding carboxylic acids is 2. The van der Waals surface area contributed by atoms with E-state index in [4.69, 9.17) is 4.74 Å². The third kappa shape index (κ3) is 3.02. The standard InChI is InChI=1S/C19H25NO3S/c1-11-6-8-13(9-7-11)17(21)20-12(2)23-18(22)16-14(20)10-15(24-16)19(3,4)5/h6,10,12-13H,7-9H2,1-5H3/t12?,13-/m0/s1. The largest absolute Gasteiger partial charge is 0.437 e. The van der Waals surface area contributed by atoms with Crippen molar-refractivity contribution in [3.8, 4) is 0 Å². The lowest BCUT2D eigenvalue weighted by Gasteiger charge is -2.35. The van der Waals surface area contributed by atoms with Crippen molar-refractivity contribution in [2.24, 2.45) is 5.92 Å². The average molecular weight is 347 g/mol. The van der Waals surface area contributed by atoms with Crippen LogP contribution in [0.3, 0.4) is 0 Å². The number of thiophene rings is 1. The molecule has 2 heterocycles. The molecule has 0 saturated heterocycles. The van der Waals surface area contributed by atoms with Crippen LogP contribution in [0, 0.1) is 5.92 Å². The smallest absolute Gasteiger partial charge is 0.352 e. The number of hydrogen-bond donors (Lipinski definition) is 0. The number of anilines is 1. The minimum Gasteiger partial charge on any atom is -0.437 e. The number of ether oxygens (including phenoxy) is 1. The predicted molar refractivity (Wildman–Crippen MR) is 96.5 cm³/mol. The fourth-order valence-corrected chi connectivity index (χ4v) is 4.31. The van der Waals surface area contributed by atoms with Crippen LogP contribution in [0.15, 0.2) is 17.7 Å². The zero-order chi connectivity index (χ0) is 17.6. The molecule has 0 bridgehead atoms. The molecule has 0 N–H and O–H groups in total. The van der Waals surface area contributed by atoms with Crippen molar-refractivity contribution < 1.29 is 14.3 Å². The van der Waals surface area contributed by atoms with Gasteiger partial charge in [-0.2, -0.15) is 0 Å². The van der Waals surface area contributed by atoms with Gasteiger partial charge in [0.15, 0.2) is 6.23 Å². The lowest BCUT2D eigenvalue weighted by molar-refractivity contribution is -0.124. The lowest BCUT2D eigenvalue weighted by atomic mass is 9.89. The second kappa shape index (κ2) is 6.03. The van der Waals surface area contributed by atoms with Gasteiger partial charge in [-0.15, -0.1) is 11.3 Å². The summed E-state index contributed by atoms with van der Waals surface area (Å²) >= 11 is 1.44. The Morgan fingerprint density at radius 3 is 2.67 bits per heavy atom. The number of allylic oxidation sites excluding steroid dienone is 2. The van der Waals surface area contributed by atoms with Crippen molar-refractivity contribution >= 4 is 28.9 Å². The minimum atomic E-state index is -0.549.